The zero-order valence-electron chi connectivity index (χ0n) is 11.1. The second-order valence-electron chi connectivity index (χ2n) is 4.90. The minimum Gasteiger partial charge on any atom is -0.373 e. The lowest BCUT2D eigenvalue weighted by Gasteiger charge is -2.20. The smallest absolute Gasteiger partial charge is 0.240 e. The van der Waals surface area contributed by atoms with Crippen LogP contribution in [0.25, 0.3) is 0 Å². The number of hydrogen-bond donors (Lipinski definition) is 2. The van der Waals surface area contributed by atoms with Crippen LogP contribution < -0.4 is 11.1 Å². The highest BCUT2D eigenvalue weighted by atomic mass is 35.5. The summed E-state index contributed by atoms with van der Waals surface area (Å²) in [5.74, 6) is -0.569. The van der Waals surface area contributed by atoms with Crippen molar-refractivity contribution < 1.29 is 9.59 Å². The molecule has 6 heteroatoms. The maximum atomic E-state index is 12.1. The van der Waals surface area contributed by atoms with Gasteiger partial charge in [-0.25, -0.2) is 0 Å². The lowest BCUT2D eigenvalue weighted by molar-refractivity contribution is -0.132. The van der Waals surface area contributed by atoms with Crippen molar-refractivity contribution in [1.82, 2.24) is 4.90 Å². The molecule has 2 amide bonds. The number of anilines is 1. The first-order valence-corrected chi connectivity index (χ1v) is 7.03. The summed E-state index contributed by atoms with van der Waals surface area (Å²) >= 11 is 5.80. The first kappa shape index (κ1) is 14.7. The number of primary amides is 1. The van der Waals surface area contributed by atoms with Crippen molar-refractivity contribution in [2.45, 2.75) is 25.3 Å². The third-order valence-corrected chi connectivity index (χ3v) is 3.62. The zero-order chi connectivity index (χ0) is 14.5. The van der Waals surface area contributed by atoms with Crippen molar-refractivity contribution in [2.24, 2.45) is 5.73 Å². The number of likely N-dealkylation sites (tertiary alicyclic amines) is 1. The molecule has 0 aromatic heterocycles. The Balaban J connectivity index is 1.98. The first-order valence-electron chi connectivity index (χ1n) is 6.65. The monoisotopic (exact) mass is 295 g/mol. The van der Waals surface area contributed by atoms with Crippen molar-refractivity contribution in [2.75, 3.05) is 18.4 Å². The maximum absolute atomic E-state index is 12.1. The van der Waals surface area contributed by atoms with Gasteiger partial charge in [0, 0.05) is 23.8 Å². The summed E-state index contributed by atoms with van der Waals surface area (Å²) in [7, 11) is 0. The molecule has 1 atom stereocenters. The number of benzene rings is 1. The largest absolute Gasteiger partial charge is 0.373 e. The van der Waals surface area contributed by atoms with Crippen LogP contribution in [-0.4, -0.2) is 35.8 Å². The minimum atomic E-state index is -0.704. The van der Waals surface area contributed by atoms with E-state index in [9.17, 15) is 9.59 Å². The molecule has 1 fully saturated rings. The normalized spacial score (nSPS) is 15.9. The Labute approximate surface area is 123 Å². The van der Waals surface area contributed by atoms with Gasteiger partial charge in [-0.1, -0.05) is 11.6 Å². The minimum absolute atomic E-state index is 0.0345. The van der Waals surface area contributed by atoms with E-state index in [1.54, 1.807) is 29.2 Å². The Hall–Kier alpha value is -1.75. The van der Waals surface area contributed by atoms with Gasteiger partial charge in [-0.05, 0) is 37.1 Å². The van der Waals surface area contributed by atoms with Crippen molar-refractivity contribution >= 4 is 29.1 Å². The van der Waals surface area contributed by atoms with Crippen LogP contribution in [0.3, 0.4) is 0 Å². The number of nitrogens with two attached hydrogens (primary N) is 1. The molecule has 0 aliphatic carbocycles. The highest BCUT2D eigenvalue weighted by molar-refractivity contribution is 6.30. The fourth-order valence-electron chi connectivity index (χ4n) is 2.24. The third kappa shape index (κ3) is 3.87. The Morgan fingerprint density at radius 2 is 1.85 bits per heavy atom. The molecule has 0 spiro atoms. The molecular weight excluding hydrogens is 278 g/mol. The third-order valence-electron chi connectivity index (χ3n) is 3.37. The Bertz CT molecular complexity index is 484. The molecule has 108 valence electrons. The molecule has 0 radical (unpaired) electrons. The topological polar surface area (TPSA) is 75.4 Å². The Morgan fingerprint density at radius 1 is 1.25 bits per heavy atom. The van der Waals surface area contributed by atoms with Gasteiger partial charge >= 0.3 is 0 Å². The van der Waals surface area contributed by atoms with E-state index < -0.39 is 11.9 Å². The SMILES string of the molecule is NC(=O)C(CC(=O)N1CCCC1)Nc1ccc(Cl)cc1. The second-order valence-corrected chi connectivity index (χ2v) is 5.33. The number of carbonyl (C=O) groups is 2. The van der Waals surface area contributed by atoms with Crippen LogP contribution in [0.1, 0.15) is 19.3 Å². The van der Waals surface area contributed by atoms with E-state index in [-0.39, 0.29) is 12.3 Å². The Kier molecular flexibility index (Phi) is 4.84. The van der Waals surface area contributed by atoms with Gasteiger partial charge < -0.3 is 16.0 Å². The summed E-state index contributed by atoms with van der Waals surface area (Å²) in [6.45, 7) is 1.54. The summed E-state index contributed by atoms with van der Waals surface area (Å²) in [6, 6.07) is 6.22. The summed E-state index contributed by atoms with van der Waals surface area (Å²) < 4.78 is 0. The predicted molar refractivity (Wildman–Crippen MR) is 78.5 cm³/mol. The van der Waals surface area contributed by atoms with E-state index in [0.29, 0.717) is 10.7 Å². The van der Waals surface area contributed by atoms with E-state index in [2.05, 4.69) is 5.32 Å². The van der Waals surface area contributed by atoms with Crippen molar-refractivity contribution in [1.29, 1.82) is 0 Å². The molecule has 1 saturated heterocycles. The molecule has 1 aromatic rings. The molecule has 1 aromatic carbocycles. The van der Waals surface area contributed by atoms with Gasteiger partial charge in [0.25, 0.3) is 0 Å². The van der Waals surface area contributed by atoms with E-state index in [4.69, 9.17) is 17.3 Å². The number of nitrogens with one attached hydrogen (secondary N) is 1. The average molecular weight is 296 g/mol. The van der Waals surface area contributed by atoms with Gasteiger partial charge in [0.2, 0.25) is 11.8 Å². The van der Waals surface area contributed by atoms with Gasteiger partial charge in [-0.3, -0.25) is 9.59 Å². The van der Waals surface area contributed by atoms with Crippen LogP contribution in [0.5, 0.6) is 0 Å². The molecule has 3 N–H and O–H groups in total. The van der Waals surface area contributed by atoms with Crippen LogP contribution in [0.15, 0.2) is 24.3 Å². The van der Waals surface area contributed by atoms with Gasteiger partial charge in [0.15, 0.2) is 0 Å². The molecule has 20 heavy (non-hydrogen) atoms. The highest BCUT2D eigenvalue weighted by Crippen LogP contribution is 2.16. The predicted octanol–water partition coefficient (Wildman–Crippen LogP) is 1.62. The van der Waals surface area contributed by atoms with E-state index >= 15 is 0 Å². The average Bonchev–Trinajstić information content (AvgIpc) is 2.94. The van der Waals surface area contributed by atoms with Crippen LogP contribution >= 0.6 is 11.6 Å². The standard InChI is InChI=1S/C14H18ClN3O2/c15-10-3-5-11(6-4-10)17-12(14(16)20)9-13(19)18-7-1-2-8-18/h3-6,12,17H,1-2,7-9H2,(H2,16,20). The summed E-state index contributed by atoms with van der Waals surface area (Å²) in [5.41, 5.74) is 6.08. The summed E-state index contributed by atoms with van der Waals surface area (Å²) in [4.78, 5) is 25.3. The van der Waals surface area contributed by atoms with Crippen LogP contribution in [0, 0.1) is 0 Å². The second kappa shape index (κ2) is 6.61. The van der Waals surface area contributed by atoms with Crippen LogP contribution in [0.2, 0.25) is 5.02 Å². The first-order chi connectivity index (χ1) is 9.56. The fourth-order valence-corrected chi connectivity index (χ4v) is 2.37. The Morgan fingerprint density at radius 3 is 2.40 bits per heavy atom. The summed E-state index contributed by atoms with van der Waals surface area (Å²) in [6.07, 6.45) is 2.13. The van der Waals surface area contributed by atoms with Gasteiger partial charge in [-0.15, -0.1) is 0 Å². The van der Waals surface area contributed by atoms with Crippen LogP contribution in [0.4, 0.5) is 5.69 Å². The molecule has 0 saturated carbocycles. The van der Waals surface area contributed by atoms with Crippen molar-refractivity contribution in [3.8, 4) is 0 Å². The molecular formula is C14H18ClN3O2. The fraction of sp³-hybridized carbons (Fsp3) is 0.429. The van der Waals surface area contributed by atoms with Gasteiger partial charge in [-0.2, -0.15) is 0 Å². The number of halogens is 1. The van der Waals surface area contributed by atoms with E-state index in [0.717, 1.165) is 25.9 Å². The molecule has 1 heterocycles. The number of carbonyl (C=O) groups excluding carboxylic acids is 2. The molecule has 1 aliphatic heterocycles. The van der Waals surface area contributed by atoms with Crippen molar-refractivity contribution in [3.63, 3.8) is 0 Å². The van der Waals surface area contributed by atoms with Crippen molar-refractivity contribution in [3.05, 3.63) is 29.3 Å². The summed E-state index contributed by atoms with van der Waals surface area (Å²) in [5, 5.41) is 3.59. The molecule has 5 nitrogen and oxygen atoms in total. The lowest BCUT2D eigenvalue weighted by atomic mass is 10.1. The highest BCUT2D eigenvalue weighted by Gasteiger charge is 2.24. The lowest BCUT2D eigenvalue weighted by Crippen LogP contribution is -2.41. The number of hydrogen-bond acceptors (Lipinski definition) is 3. The molecule has 2 rings (SSSR count). The quantitative estimate of drug-likeness (QED) is 0.867. The van der Waals surface area contributed by atoms with E-state index in [1.165, 1.54) is 0 Å². The number of rotatable bonds is 5. The number of amides is 2. The van der Waals surface area contributed by atoms with Gasteiger partial charge in [0.05, 0.1) is 6.42 Å². The zero-order valence-corrected chi connectivity index (χ0v) is 11.9. The van der Waals surface area contributed by atoms with Crippen LogP contribution in [-0.2, 0) is 9.59 Å². The molecule has 1 unspecified atom stereocenters. The number of nitrogens with zero attached hydrogens (tertiary/aromatic N) is 1. The molecule has 0 bridgehead atoms. The maximum Gasteiger partial charge on any atom is 0.240 e. The van der Waals surface area contributed by atoms with Gasteiger partial charge in [0.1, 0.15) is 6.04 Å². The molecule has 1 aliphatic rings. The van der Waals surface area contributed by atoms with E-state index in [1.807, 2.05) is 0 Å².